The molecule has 0 saturated carbocycles. The summed E-state index contributed by atoms with van der Waals surface area (Å²) in [7, 11) is 0. The van der Waals surface area contributed by atoms with Gasteiger partial charge in [-0.05, 0) is 42.6 Å². The molecule has 0 aromatic heterocycles. The second kappa shape index (κ2) is 25.8. The first kappa shape index (κ1) is 50.7. The molecule has 8 atom stereocenters. The van der Waals surface area contributed by atoms with Gasteiger partial charge in [-0.2, -0.15) is 0 Å². The number of nitrogens with zero attached hydrogens (tertiary/aromatic N) is 1. The number of amides is 7. The Morgan fingerprint density at radius 2 is 1.14 bits per heavy atom. The summed E-state index contributed by atoms with van der Waals surface area (Å²) < 4.78 is 0. The minimum Gasteiger partial charge on any atom is -0.394 e. The highest BCUT2D eigenvalue weighted by Crippen LogP contribution is 2.11. The van der Waals surface area contributed by atoms with Crippen LogP contribution in [0.3, 0.4) is 0 Å². The maximum Gasteiger partial charge on any atom is 0.245 e. The predicted octanol–water partition coefficient (Wildman–Crippen LogP) is -3.26. The normalized spacial score (nSPS) is 15.3. The molecule has 16 N–H and O–H groups in total. The van der Waals surface area contributed by atoms with Crippen molar-refractivity contribution in [2.24, 2.45) is 45.7 Å². The highest BCUT2D eigenvalue weighted by Gasteiger charge is 2.35. The molecular weight excluding hydrogens is 754 g/mol. The van der Waals surface area contributed by atoms with E-state index in [4.69, 9.17) is 22.9 Å². The number of benzene rings is 1. The average molecular weight is 820 g/mol. The lowest BCUT2D eigenvalue weighted by Crippen LogP contribution is -2.61. The van der Waals surface area contributed by atoms with Crippen molar-refractivity contribution in [2.75, 3.05) is 19.8 Å². The van der Waals surface area contributed by atoms with E-state index in [2.05, 4.69) is 36.9 Å². The quantitative estimate of drug-likeness (QED) is 0.0249. The molecule has 0 aliphatic heterocycles. The van der Waals surface area contributed by atoms with Gasteiger partial charge in [-0.15, -0.1) is 0 Å². The smallest absolute Gasteiger partial charge is 0.245 e. The molecule has 20 heteroatoms. The Balaban J connectivity index is 3.32. The number of nitrogens with two attached hydrogens (primary N) is 4. The molecular formula is C38H65N11O9. The minimum absolute atomic E-state index is 0.0473. The molecule has 0 aliphatic carbocycles. The molecule has 326 valence electrons. The maximum atomic E-state index is 14.0. The van der Waals surface area contributed by atoms with E-state index < -0.39 is 103 Å². The second-order valence-corrected chi connectivity index (χ2v) is 15.0. The molecule has 0 radical (unpaired) electrons. The van der Waals surface area contributed by atoms with Crippen LogP contribution in [0.2, 0.25) is 0 Å². The molecule has 0 heterocycles. The van der Waals surface area contributed by atoms with E-state index in [1.807, 2.05) is 20.8 Å². The van der Waals surface area contributed by atoms with Gasteiger partial charge < -0.3 is 65.0 Å². The molecule has 0 unspecified atom stereocenters. The van der Waals surface area contributed by atoms with Crippen molar-refractivity contribution >= 4 is 47.3 Å². The van der Waals surface area contributed by atoms with Crippen molar-refractivity contribution in [3.05, 3.63) is 35.9 Å². The third-order valence-electron chi connectivity index (χ3n) is 9.25. The Morgan fingerprint density at radius 3 is 1.62 bits per heavy atom. The van der Waals surface area contributed by atoms with E-state index in [9.17, 15) is 43.8 Å². The van der Waals surface area contributed by atoms with Crippen LogP contribution < -0.4 is 54.8 Å². The summed E-state index contributed by atoms with van der Waals surface area (Å²) in [5.74, 6) is -6.64. The Hall–Kier alpha value is -5.34. The molecule has 0 spiro atoms. The zero-order valence-corrected chi connectivity index (χ0v) is 34.3. The number of hydrogen-bond acceptors (Lipinski definition) is 11. The van der Waals surface area contributed by atoms with E-state index in [1.54, 1.807) is 51.1 Å². The van der Waals surface area contributed by atoms with Crippen LogP contribution in [0, 0.1) is 17.8 Å². The third kappa shape index (κ3) is 17.9. The zero-order valence-electron chi connectivity index (χ0n) is 34.3. The molecule has 1 aromatic rings. The number of aliphatic hydroxyl groups is 2. The van der Waals surface area contributed by atoms with Gasteiger partial charge in [0.1, 0.15) is 36.3 Å². The summed E-state index contributed by atoms with van der Waals surface area (Å²) in [6.07, 6.45) is 1.05. The number of aliphatic imine (C=N–C) groups is 1. The van der Waals surface area contributed by atoms with Crippen LogP contribution in [-0.4, -0.2) is 120 Å². The highest BCUT2D eigenvalue weighted by molar-refractivity contribution is 5.97. The van der Waals surface area contributed by atoms with Crippen LogP contribution in [0.1, 0.15) is 72.8 Å². The van der Waals surface area contributed by atoms with Gasteiger partial charge in [0.15, 0.2) is 5.96 Å². The maximum absolute atomic E-state index is 14.0. The molecule has 58 heavy (non-hydrogen) atoms. The largest absolute Gasteiger partial charge is 0.394 e. The van der Waals surface area contributed by atoms with Crippen molar-refractivity contribution < 1.29 is 43.8 Å². The Kier molecular flexibility index (Phi) is 22.6. The molecule has 0 fully saturated rings. The Bertz CT molecular complexity index is 1540. The fraction of sp³-hybridized carbons (Fsp3) is 0.632. The van der Waals surface area contributed by atoms with E-state index in [0.717, 1.165) is 0 Å². The van der Waals surface area contributed by atoms with Gasteiger partial charge in [-0.1, -0.05) is 78.3 Å². The van der Waals surface area contributed by atoms with E-state index >= 15 is 0 Å². The number of guanidine groups is 1. The second-order valence-electron chi connectivity index (χ2n) is 15.0. The van der Waals surface area contributed by atoms with Gasteiger partial charge in [-0.25, -0.2) is 0 Å². The summed E-state index contributed by atoms with van der Waals surface area (Å²) in [6.45, 7) is 8.94. The summed E-state index contributed by atoms with van der Waals surface area (Å²) in [5, 5.41) is 35.0. The lowest BCUT2D eigenvalue weighted by Gasteiger charge is -2.29. The Labute approximate surface area is 339 Å². The van der Waals surface area contributed by atoms with Crippen molar-refractivity contribution in [1.82, 2.24) is 31.9 Å². The number of hydrogen-bond donors (Lipinski definition) is 12. The number of carbonyl (C=O) groups excluding carboxylic acids is 7. The minimum atomic E-state index is -1.63. The van der Waals surface area contributed by atoms with Crippen molar-refractivity contribution in [3.63, 3.8) is 0 Å². The van der Waals surface area contributed by atoms with Crippen LogP contribution in [0.4, 0.5) is 0 Å². The van der Waals surface area contributed by atoms with Crippen LogP contribution in [0.5, 0.6) is 0 Å². The number of carbonyl (C=O) groups is 7. The SMILES string of the molecule is CC[C@H](C)[C@H](NC(=O)[C@H](CCCN=C(N)N)NC(=O)[C@H](NC(=O)[C@H](Cc1ccccc1)NC(=O)[C@H](CO)NC(=O)[C@@H](CO)NC(=O)[C@H](N)CC(C)C)C(C)C)C(N)=O. The van der Waals surface area contributed by atoms with E-state index in [0.29, 0.717) is 18.4 Å². The summed E-state index contributed by atoms with van der Waals surface area (Å²) in [4.78, 5) is 96.4. The monoisotopic (exact) mass is 819 g/mol. The molecule has 1 rings (SSSR count). The molecule has 0 aliphatic rings. The highest BCUT2D eigenvalue weighted by atomic mass is 16.3. The average Bonchev–Trinajstić information content (AvgIpc) is 3.16. The van der Waals surface area contributed by atoms with E-state index in [-0.39, 0.29) is 43.6 Å². The van der Waals surface area contributed by atoms with Gasteiger partial charge in [0.2, 0.25) is 41.4 Å². The van der Waals surface area contributed by atoms with Crippen LogP contribution >= 0.6 is 0 Å². The number of rotatable bonds is 26. The van der Waals surface area contributed by atoms with Crippen LogP contribution in [0.15, 0.2) is 35.3 Å². The van der Waals surface area contributed by atoms with Crippen LogP contribution in [-0.2, 0) is 40.0 Å². The third-order valence-corrected chi connectivity index (χ3v) is 9.25. The summed E-state index contributed by atoms with van der Waals surface area (Å²) in [5.41, 5.74) is 22.9. The summed E-state index contributed by atoms with van der Waals surface area (Å²) >= 11 is 0. The lowest BCUT2D eigenvalue weighted by molar-refractivity contribution is -0.136. The molecule has 20 nitrogen and oxygen atoms in total. The molecule has 7 amide bonds. The number of aliphatic hydroxyl groups excluding tert-OH is 2. The fourth-order valence-corrected chi connectivity index (χ4v) is 5.69. The first-order valence-corrected chi connectivity index (χ1v) is 19.4. The zero-order chi connectivity index (χ0) is 44.1. The fourth-order valence-electron chi connectivity index (χ4n) is 5.69. The van der Waals surface area contributed by atoms with Gasteiger partial charge in [0.25, 0.3) is 0 Å². The van der Waals surface area contributed by atoms with E-state index in [1.165, 1.54) is 0 Å². The van der Waals surface area contributed by atoms with Gasteiger partial charge in [-0.3, -0.25) is 38.6 Å². The molecule has 0 bridgehead atoms. The molecule has 1 aromatic carbocycles. The standard InChI is InChI=1S/C38H65N11O9/c1-7-22(6)30(31(40)52)49-33(54)25(14-11-15-43-38(41)42)44-37(58)29(21(4)5)48-34(55)26(17-23-12-9-8-10-13-23)45-35(56)28(19-51)47-36(57)27(18-50)46-32(53)24(39)16-20(2)3/h8-10,12-13,20-22,24-30,50-51H,7,11,14-19,39H2,1-6H3,(H2,40,52)(H,44,58)(H,45,56)(H,46,53)(H,47,57)(H,48,55)(H,49,54)(H4,41,42,43)/t22-,24+,25-,26-,27+,28-,29+,30-/m0/s1. The number of nitrogens with one attached hydrogen (secondary N) is 6. The lowest BCUT2D eigenvalue weighted by atomic mass is 9.97. The first-order valence-electron chi connectivity index (χ1n) is 19.4. The van der Waals surface area contributed by atoms with Crippen molar-refractivity contribution in [2.45, 2.75) is 116 Å². The number of primary amides is 1. The topological polar surface area (TPSA) is 349 Å². The molecule has 0 saturated heterocycles. The Morgan fingerprint density at radius 1 is 0.655 bits per heavy atom. The summed E-state index contributed by atoms with van der Waals surface area (Å²) in [6, 6.07) is -0.341. The van der Waals surface area contributed by atoms with Gasteiger partial charge >= 0.3 is 0 Å². The van der Waals surface area contributed by atoms with Gasteiger partial charge in [0, 0.05) is 13.0 Å². The van der Waals surface area contributed by atoms with Crippen molar-refractivity contribution in [3.8, 4) is 0 Å². The van der Waals surface area contributed by atoms with Gasteiger partial charge in [0.05, 0.1) is 19.3 Å². The van der Waals surface area contributed by atoms with Crippen LogP contribution in [0.25, 0.3) is 0 Å². The van der Waals surface area contributed by atoms with Crippen molar-refractivity contribution in [1.29, 1.82) is 0 Å². The first-order chi connectivity index (χ1) is 27.2. The predicted molar refractivity (Wildman–Crippen MR) is 217 cm³/mol.